The number of ether oxygens (including phenoxy) is 1. The number of rotatable bonds is 7. The lowest BCUT2D eigenvalue weighted by atomic mass is 10.2. The Morgan fingerprint density at radius 2 is 2.10 bits per heavy atom. The number of carbonyl (C=O) groups is 2. The first-order chi connectivity index (χ1) is 10.1. The summed E-state index contributed by atoms with van der Waals surface area (Å²) in [4.78, 5) is 23.3. The van der Waals surface area contributed by atoms with Gasteiger partial charge >= 0.3 is 12.0 Å². The number of methoxy groups -OCH3 is 1. The molecule has 1 rings (SSSR count). The fourth-order valence-electron chi connectivity index (χ4n) is 1.65. The largest absolute Gasteiger partial charge is 0.467 e. The highest BCUT2D eigenvalue weighted by molar-refractivity contribution is 7.98. The van der Waals surface area contributed by atoms with Gasteiger partial charge in [0.25, 0.3) is 0 Å². The number of esters is 1. The van der Waals surface area contributed by atoms with Crippen molar-refractivity contribution in [2.24, 2.45) is 0 Å². The second-order valence-corrected chi connectivity index (χ2v) is 5.26. The first-order valence-electron chi connectivity index (χ1n) is 6.43. The van der Waals surface area contributed by atoms with Crippen LogP contribution in [0.15, 0.2) is 24.3 Å². The maximum Gasteiger partial charge on any atom is 0.328 e. The van der Waals surface area contributed by atoms with Crippen LogP contribution in [0.1, 0.15) is 12.0 Å². The Morgan fingerprint density at radius 3 is 2.71 bits per heavy atom. The number of amides is 2. The molecule has 0 saturated carbocycles. The van der Waals surface area contributed by atoms with Crippen molar-refractivity contribution >= 4 is 23.8 Å². The molecule has 1 aromatic carbocycles. The smallest absolute Gasteiger partial charge is 0.328 e. The van der Waals surface area contributed by atoms with Crippen molar-refractivity contribution in [2.75, 3.05) is 19.1 Å². The average Bonchev–Trinajstić information content (AvgIpc) is 2.49. The van der Waals surface area contributed by atoms with Gasteiger partial charge in [0.1, 0.15) is 11.9 Å². The summed E-state index contributed by atoms with van der Waals surface area (Å²) in [6, 6.07) is 4.94. The Morgan fingerprint density at radius 1 is 1.38 bits per heavy atom. The third-order valence-electron chi connectivity index (χ3n) is 2.80. The summed E-state index contributed by atoms with van der Waals surface area (Å²) in [6.07, 6.45) is 2.38. The van der Waals surface area contributed by atoms with Crippen molar-refractivity contribution in [1.29, 1.82) is 0 Å². The highest BCUT2D eigenvalue weighted by Crippen LogP contribution is 2.06. The molecule has 0 aliphatic heterocycles. The van der Waals surface area contributed by atoms with E-state index in [0.717, 1.165) is 0 Å². The van der Waals surface area contributed by atoms with Crippen molar-refractivity contribution in [3.05, 3.63) is 35.6 Å². The van der Waals surface area contributed by atoms with Crippen LogP contribution in [0.5, 0.6) is 0 Å². The highest BCUT2D eigenvalue weighted by atomic mass is 32.2. The van der Waals surface area contributed by atoms with Gasteiger partial charge in [-0.05, 0) is 24.5 Å². The van der Waals surface area contributed by atoms with Gasteiger partial charge < -0.3 is 15.4 Å². The van der Waals surface area contributed by atoms with Gasteiger partial charge in [0.15, 0.2) is 0 Å². The molecule has 116 valence electrons. The summed E-state index contributed by atoms with van der Waals surface area (Å²) in [5.74, 6) is -0.164. The van der Waals surface area contributed by atoms with E-state index in [9.17, 15) is 14.0 Å². The standard InChI is InChI=1S/C14H19FN2O3S/c1-20-13(18)12(7-8-21-2)17-14(19)16-9-10-5-3-4-6-11(10)15/h3-6,12H,7-9H2,1-2H3,(H2,16,17,19)/t12-/m1/s1. The van der Waals surface area contributed by atoms with Crippen molar-refractivity contribution in [2.45, 2.75) is 19.0 Å². The van der Waals surface area contributed by atoms with E-state index >= 15 is 0 Å². The molecule has 1 atom stereocenters. The molecule has 1 aromatic rings. The molecule has 0 heterocycles. The number of halogens is 1. The van der Waals surface area contributed by atoms with Gasteiger partial charge in [-0.2, -0.15) is 11.8 Å². The van der Waals surface area contributed by atoms with Crippen LogP contribution in [-0.2, 0) is 16.1 Å². The van der Waals surface area contributed by atoms with Crippen LogP contribution in [0.3, 0.4) is 0 Å². The molecule has 0 fully saturated rings. The predicted molar refractivity (Wildman–Crippen MR) is 80.6 cm³/mol. The van der Waals surface area contributed by atoms with E-state index in [1.165, 1.54) is 13.2 Å². The van der Waals surface area contributed by atoms with Crippen LogP contribution in [0, 0.1) is 5.82 Å². The van der Waals surface area contributed by atoms with Gasteiger partial charge in [-0.15, -0.1) is 0 Å². The summed E-state index contributed by atoms with van der Waals surface area (Å²) in [5, 5.41) is 5.05. The van der Waals surface area contributed by atoms with Crippen LogP contribution < -0.4 is 10.6 Å². The molecule has 5 nitrogen and oxygen atoms in total. The highest BCUT2D eigenvalue weighted by Gasteiger charge is 2.20. The van der Waals surface area contributed by atoms with Crippen LogP contribution in [0.25, 0.3) is 0 Å². The summed E-state index contributed by atoms with van der Waals surface area (Å²) >= 11 is 1.57. The van der Waals surface area contributed by atoms with Gasteiger partial charge in [-0.25, -0.2) is 14.0 Å². The lowest BCUT2D eigenvalue weighted by Gasteiger charge is -2.16. The SMILES string of the molecule is COC(=O)[C@@H](CCSC)NC(=O)NCc1ccccc1F. The fourth-order valence-corrected chi connectivity index (χ4v) is 2.12. The first kappa shape index (κ1) is 17.3. The number of benzene rings is 1. The number of urea groups is 1. The van der Waals surface area contributed by atoms with Crippen LogP contribution in [0.2, 0.25) is 0 Å². The van der Waals surface area contributed by atoms with Gasteiger partial charge in [0, 0.05) is 12.1 Å². The number of carbonyl (C=O) groups excluding carboxylic acids is 2. The topological polar surface area (TPSA) is 67.4 Å². The lowest BCUT2D eigenvalue weighted by Crippen LogP contribution is -2.46. The number of thioether (sulfide) groups is 1. The molecule has 2 amide bonds. The molecule has 2 N–H and O–H groups in total. The van der Waals surface area contributed by atoms with E-state index in [1.54, 1.807) is 30.0 Å². The molecule has 0 saturated heterocycles. The monoisotopic (exact) mass is 314 g/mol. The van der Waals surface area contributed by atoms with Gasteiger partial charge in [-0.3, -0.25) is 0 Å². The lowest BCUT2D eigenvalue weighted by molar-refractivity contribution is -0.142. The van der Waals surface area contributed by atoms with E-state index in [0.29, 0.717) is 17.7 Å². The molecule has 0 aromatic heterocycles. The van der Waals surface area contributed by atoms with E-state index in [-0.39, 0.29) is 12.4 Å². The average molecular weight is 314 g/mol. The van der Waals surface area contributed by atoms with Crippen molar-refractivity contribution < 1.29 is 18.7 Å². The Labute approximate surface area is 127 Å². The molecule has 0 aliphatic carbocycles. The summed E-state index contributed by atoms with van der Waals surface area (Å²) in [7, 11) is 1.27. The Hall–Kier alpha value is -1.76. The quantitative estimate of drug-likeness (QED) is 0.755. The predicted octanol–water partition coefficient (Wildman–Crippen LogP) is 1.92. The molecule has 0 aliphatic rings. The third-order valence-corrected chi connectivity index (χ3v) is 3.44. The van der Waals surface area contributed by atoms with Crippen molar-refractivity contribution in [1.82, 2.24) is 10.6 Å². The Balaban J connectivity index is 2.50. The minimum absolute atomic E-state index is 0.0505. The molecule has 21 heavy (non-hydrogen) atoms. The van der Waals surface area contributed by atoms with Gasteiger partial charge in [-0.1, -0.05) is 18.2 Å². The van der Waals surface area contributed by atoms with Gasteiger partial charge in [0.05, 0.1) is 7.11 Å². The van der Waals surface area contributed by atoms with E-state index in [2.05, 4.69) is 15.4 Å². The first-order valence-corrected chi connectivity index (χ1v) is 7.82. The number of hydrogen-bond acceptors (Lipinski definition) is 4. The molecule has 0 bridgehead atoms. The van der Waals surface area contributed by atoms with E-state index in [1.807, 2.05) is 6.26 Å². The summed E-state index contributed by atoms with van der Waals surface area (Å²) in [6.45, 7) is 0.0505. The zero-order valence-electron chi connectivity index (χ0n) is 12.0. The Bertz CT molecular complexity index is 485. The van der Waals surface area contributed by atoms with E-state index in [4.69, 9.17) is 0 Å². The fraction of sp³-hybridized carbons (Fsp3) is 0.429. The zero-order chi connectivity index (χ0) is 15.7. The molecule has 0 unspecified atom stereocenters. The number of hydrogen-bond donors (Lipinski definition) is 2. The summed E-state index contributed by atoms with van der Waals surface area (Å²) in [5.41, 5.74) is 0.381. The van der Waals surface area contributed by atoms with Crippen LogP contribution >= 0.6 is 11.8 Å². The maximum absolute atomic E-state index is 13.4. The molecule has 0 radical (unpaired) electrons. The molecule has 7 heteroatoms. The van der Waals surface area contributed by atoms with Crippen molar-refractivity contribution in [3.8, 4) is 0 Å². The summed E-state index contributed by atoms with van der Waals surface area (Å²) < 4.78 is 18.0. The second kappa shape index (κ2) is 9.23. The minimum Gasteiger partial charge on any atom is -0.467 e. The zero-order valence-corrected chi connectivity index (χ0v) is 12.8. The maximum atomic E-state index is 13.4. The minimum atomic E-state index is -0.705. The number of nitrogens with one attached hydrogen (secondary N) is 2. The molecule has 0 spiro atoms. The second-order valence-electron chi connectivity index (χ2n) is 4.28. The van der Waals surface area contributed by atoms with Crippen molar-refractivity contribution in [3.63, 3.8) is 0 Å². The van der Waals surface area contributed by atoms with Crippen LogP contribution in [-0.4, -0.2) is 37.2 Å². The van der Waals surface area contributed by atoms with E-state index < -0.39 is 18.0 Å². The van der Waals surface area contributed by atoms with Gasteiger partial charge in [0.2, 0.25) is 0 Å². The normalized spacial score (nSPS) is 11.6. The van der Waals surface area contributed by atoms with Crippen LogP contribution in [0.4, 0.5) is 9.18 Å². The third kappa shape index (κ3) is 6.03. The Kier molecular flexibility index (Phi) is 7.60. The molecular weight excluding hydrogens is 295 g/mol. The molecular formula is C14H19FN2O3S.